The lowest BCUT2D eigenvalue weighted by Gasteiger charge is -2.27. The number of aryl methyl sites for hydroxylation is 1. The average Bonchev–Trinajstić information content (AvgIpc) is 2.73. The molecule has 0 atom stereocenters. The van der Waals surface area contributed by atoms with Gasteiger partial charge >= 0.3 is 5.69 Å². The van der Waals surface area contributed by atoms with Gasteiger partial charge in [0, 0.05) is 24.9 Å². The molecule has 0 amide bonds. The van der Waals surface area contributed by atoms with E-state index in [1.807, 2.05) is 0 Å². The molecule has 0 bridgehead atoms. The molecule has 0 radical (unpaired) electrons. The molecule has 9 nitrogen and oxygen atoms in total. The van der Waals surface area contributed by atoms with Gasteiger partial charge in [-0.2, -0.15) is 0 Å². The Morgan fingerprint density at radius 1 is 1.15 bits per heavy atom. The number of aromatic nitrogens is 3. The molecule has 0 saturated carbocycles. The number of terminal acetylenes is 1. The fourth-order valence-corrected chi connectivity index (χ4v) is 3.41. The lowest BCUT2D eigenvalue weighted by Crippen LogP contribution is -2.46. The maximum atomic E-state index is 14.0. The Morgan fingerprint density at radius 3 is 2.42 bits per heavy atom. The predicted molar refractivity (Wildman–Crippen MR) is 122 cm³/mol. The molecule has 172 valence electrons. The summed E-state index contributed by atoms with van der Waals surface area (Å²) in [5.74, 6) is 6.28. The summed E-state index contributed by atoms with van der Waals surface area (Å²) < 4.78 is 29.7. The summed E-state index contributed by atoms with van der Waals surface area (Å²) in [4.78, 5) is 32.8. The van der Waals surface area contributed by atoms with Gasteiger partial charge in [0.25, 0.3) is 5.56 Å². The zero-order valence-corrected chi connectivity index (χ0v) is 18.3. The summed E-state index contributed by atoms with van der Waals surface area (Å²) in [6.07, 6.45) is 8.41. The minimum Gasteiger partial charge on any atom is -0.397 e. The Morgan fingerprint density at radius 2 is 1.82 bits per heavy atom. The predicted octanol–water partition coefficient (Wildman–Crippen LogP) is 1.27. The van der Waals surface area contributed by atoms with E-state index in [-0.39, 0.29) is 41.5 Å². The van der Waals surface area contributed by atoms with E-state index in [2.05, 4.69) is 10.9 Å². The first kappa shape index (κ1) is 23.6. The zero-order valence-electron chi connectivity index (χ0n) is 18.3. The highest BCUT2D eigenvalue weighted by Gasteiger charge is 2.26. The van der Waals surface area contributed by atoms with Crippen LogP contribution in [0.3, 0.4) is 0 Å². The van der Waals surface area contributed by atoms with E-state index in [0.29, 0.717) is 5.56 Å². The normalized spacial score (nSPS) is 11.0. The SMILES string of the molecule is C#CCn1c(CN(C)C)c(N(N)c2cc(F)c(F)cc2N)c(=O)n(-c2cncc(C)c2)c1=O. The first-order chi connectivity index (χ1) is 15.6. The van der Waals surface area contributed by atoms with Gasteiger partial charge < -0.3 is 10.6 Å². The molecule has 0 spiro atoms. The lowest BCUT2D eigenvalue weighted by molar-refractivity contribution is 0.384. The van der Waals surface area contributed by atoms with Crippen molar-refractivity contribution >= 4 is 17.1 Å². The molecule has 3 aromatic rings. The van der Waals surface area contributed by atoms with Gasteiger partial charge in [0.15, 0.2) is 11.6 Å². The highest BCUT2D eigenvalue weighted by molar-refractivity contribution is 5.74. The van der Waals surface area contributed by atoms with Gasteiger partial charge in [0.05, 0.1) is 35.5 Å². The molecule has 0 aliphatic carbocycles. The third-order valence-corrected chi connectivity index (χ3v) is 4.83. The number of hydrogen-bond acceptors (Lipinski definition) is 7. The largest absolute Gasteiger partial charge is 0.397 e. The van der Waals surface area contributed by atoms with Crippen LogP contribution in [0, 0.1) is 30.9 Å². The summed E-state index contributed by atoms with van der Waals surface area (Å²) in [6, 6.07) is 3.13. The number of nitrogens with zero attached hydrogens (tertiary/aromatic N) is 5. The van der Waals surface area contributed by atoms with Crippen LogP contribution in [0.4, 0.5) is 25.8 Å². The summed E-state index contributed by atoms with van der Waals surface area (Å²) in [5.41, 5.74) is 4.90. The monoisotopic (exact) mass is 455 g/mol. The number of hydrazine groups is 1. The Balaban J connectivity index is 2.45. The second kappa shape index (κ2) is 9.23. The molecule has 1 aromatic carbocycles. The molecule has 0 fully saturated rings. The van der Waals surface area contributed by atoms with Crippen LogP contribution >= 0.6 is 0 Å². The molecule has 0 aliphatic rings. The summed E-state index contributed by atoms with van der Waals surface area (Å²) in [7, 11) is 3.44. The maximum absolute atomic E-state index is 14.0. The summed E-state index contributed by atoms with van der Waals surface area (Å²) in [5, 5.41) is 0.838. The topological polar surface area (TPSA) is 115 Å². The standard InChI is InChI=1S/C22H23F2N7O2/c1-5-6-29-19(12-28(3)4)20(31(26)18-9-16(24)15(23)8-17(18)25)21(32)30(22(29)33)14-7-13(2)10-27-11-14/h1,7-11H,6,12,25-26H2,2-4H3. The highest BCUT2D eigenvalue weighted by Crippen LogP contribution is 2.30. The number of rotatable bonds is 6. The van der Waals surface area contributed by atoms with Crippen LogP contribution < -0.4 is 27.8 Å². The molecular weight excluding hydrogens is 432 g/mol. The van der Waals surface area contributed by atoms with Gasteiger partial charge in [0.1, 0.15) is 5.69 Å². The smallest absolute Gasteiger partial charge is 0.336 e. The number of halogens is 2. The van der Waals surface area contributed by atoms with Gasteiger partial charge in [0.2, 0.25) is 0 Å². The number of hydrogen-bond donors (Lipinski definition) is 2. The maximum Gasteiger partial charge on any atom is 0.336 e. The van der Waals surface area contributed by atoms with Gasteiger partial charge in [-0.25, -0.2) is 24.0 Å². The number of nitrogen functional groups attached to an aromatic ring is 1. The van der Waals surface area contributed by atoms with Crippen molar-refractivity contribution in [1.82, 2.24) is 19.0 Å². The molecule has 2 aromatic heterocycles. The molecule has 11 heteroatoms. The molecule has 2 heterocycles. The molecule has 33 heavy (non-hydrogen) atoms. The van der Waals surface area contributed by atoms with E-state index in [4.69, 9.17) is 18.0 Å². The Kier molecular flexibility index (Phi) is 6.62. The number of nitrogens with two attached hydrogens (primary N) is 2. The minimum absolute atomic E-state index is 0.0890. The first-order valence-electron chi connectivity index (χ1n) is 9.75. The summed E-state index contributed by atoms with van der Waals surface area (Å²) >= 11 is 0. The minimum atomic E-state index is -1.20. The Bertz CT molecular complexity index is 1370. The molecule has 3 rings (SSSR count). The molecule has 0 aliphatic heterocycles. The van der Waals surface area contributed by atoms with Gasteiger partial charge in [-0.3, -0.25) is 19.4 Å². The van der Waals surface area contributed by atoms with Crippen LogP contribution in [0.2, 0.25) is 0 Å². The Hall–Kier alpha value is -4.01. The first-order valence-corrected chi connectivity index (χ1v) is 9.75. The van der Waals surface area contributed by atoms with E-state index in [1.54, 1.807) is 38.2 Å². The van der Waals surface area contributed by atoms with E-state index in [0.717, 1.165) is 21.7 Å². The number of pyridine rings is 1. The second-order valence-electron chi connectivity index (χ2n) is 7.66. The molecule has 0 unspecified atom stereocenters. The molecule has 4 N–H and O–H groups in total. The van der Waals surface area contributed by atoms with E-state index >= 15 is 0 Å². The number of benzene rings is 1. The third kappa shape index (κ3) is 4.48. The van der Waals surface area contributed by atoms with Crippen molar-refractivity contribution in [1.29, 1.82) is 0 Å². The van der Waals surface area contributed by atoms with Crippen LogP contribution in [-0.2, 0) is 13.1 Å². The van der Waals surface area contributed by atoms with E-state index in [9.17, 15) is 18.4 Å². The van der Waals surface area contributed by atoms with Crippen molar-refractivity contribution < 1.29 is 8.78 Å². The van der Waals surface area contributed by atoms with Crippen LogP contribution in [0.1, 0.15) is 11.3 Å². The zero-order chi connectivity index (χ0) is 24.4. The summed E-state index contributed by atoms with van der Waals surface area (Å²) in [6.45, 7) is 1.67. The van der Waals surface area contributed by atoms with Crippen LogP contribution in [-0.4, -0.2) is 33.1 Å². The van der Waals surface area contributed by atoms with Crippen molar-refractivity contribution in [3.05, 3.63) is 74.3 Å². The second-order valence-corrected chi connectivity index (χ2v) is 7.66. The Labute approximate surface area is 188 Å². The fraction of sp³-hybridized carbons (Fsp3) is 0.227. The van der Waals surface area contributed by atoms with Gasteiger partial charge in [-0.15, -0.1) is 6.42 Å². The van der Waals surface area contributed by atoms with E-state index < -0.39 is 22.9 Å². The van der Waals surface area contributed by atoms with Crippen molar-refractivity contribution in [2.75, 3.05) is 24.8 Å². The fourth-order valence-electron chi connectivity index (χ4n) is 3.41. The van der Waals surface area contributed by atoms with Crippen LogP contribution in [0.15, 0.2) is 40.2 Å². The quantitative estimate of drug-likeness (QED) is 0.249. The number of anilines is 3. The van der Waals surface area contributed by atoms with Crippen molar-refractivity contribution in [2.24, 2.45) is 5.84 Å². The third-order valence-electron chi connectivity index (χ3n) is 4.83. The van der Waals surface area contributed by atoms with Gasteiger partial charge in [-0.05, 0) is 32.6 Å². The van der Waals surface area contributed by atoms with Crippen molar-refractivity contribution in [3.63, 3.8) is 0 Å². The van der Waals surface area contributed by atoms with Crippen LogP contribution in [0.5, 0.6) is 0 Å². The lowest BCUT2D eigenvalue weighted by atomic mass is 10.2. The van der Waals surface area contributed by atoms with E-state index in [1.165, 1.54) is 10.8 Å². The highest BCUT2D eigenvalue weighted by atomic mass is 19.2. The molecular formula is C22H23F2N7O2. The average molecular weight is 455 g/mol. The molecule has 0 saturated heterocycles. The van der Waals surface area contributed by atoms with Crippen molar-refractivity contribution in [2.45, 2.75) is 20.0 Å². The van der Waals surface area contributed by atoms with Crippen LogP contribution in [0.25, 0.3) is 5.69 Å². The van der Waals surface area contributed by atoms with Gasteiger partial charge in [-0.1, -0.05) is 5.92 Å². The van der Waals surface area contributed by atoms with Crippen molar-refractivity contribution in [3.8, 4) is 18.0 Å².